The van der Waals surface area contributed by atoms with Crippen molar-refractivity contribution >= 4 is 34.8 Å². The van der Waals surface area contributed by atoms with Gasteiger partial charge in [-0.1, -0.05) is 30.0 Å². The van der Waals surface area contributed by atoms with Gasteiger partial charge in [0.05, 0.1) is 43.8 Å². The Bertz CT molecular complexity index is 1110. The summed E-state index contributed by atoms with van der Waals surface area (Å²) in [5.41, 5.74) is 6.45. The molecule has 1 heterocycles. The van der Waals surface area contributed by atoms with Crippen LogP contribution in [0.15, 0.2) is 46.5 Å². The number of hydrogen-bond acceptors (Lipinski definition) is 7. The molecular formula is C23H25N3O4S. The normalized spacial score (nSPS) is 11.0. The zero-order chi connectivity index (χ0) is 22.4. The lowest BCUT2D eigenvalue weighted by molar-refractivity contribution is -0.118. The number of benzene rings is 2. The highest BCUT2D eigenvalue weighted by Gasteiger charge is 2.12. The van der Waals surface area contributed by atoms with Crippen LogP contribution in [0.25, 0.3) is 10.9 Å². The lowest BCUT2D eigenvalue weighted by Gasteiger charge is -2.12. The van der Waals surface area contributed by atoms with E-state index in [-0.39, 0.29) is 11.7 Å². The number of nitrogens with one attached hydrogen (secondary N) is 1. The number of nitrogens with zero attached hydrogens (tertiary/aromatic N) is 2. The lowest BCUT2D eigenvalue weighted by atomic mass is 10.1. The summed E-state index contributed by atoms with van der Waals surface area (Å²) in [6, 6.07) is 11.6. The quantitative estimate of drug-likeness (QED) is 0.323. The van der Waals surface area contributed by atoms with Crippen LogP contribution < -0.4 is 19.6 Å². The van der Waals surface area contributed by atoms with Crippen molar-refractivity contribution in [3.63, 3.8) is 0 Å². The lowest BCUT2D eigenvalue weighted by Crippen LogP contribution is -2.19. The first kappa shape index (κ1) is 22.4. The molecule has 0 aliphatic heterocycles. The first-order valence-electron chi connectivity index (χ1n) is 9.58. The van der Waals surface area contributed by atoms with Gasteiger partial charge in [-0.05, 0) is 43.2 Å². The molecule has 162 valence electrons. The third kappa shape index (κ3) is 5.27. The van der Waals surface area contributed by atoms with Gasteiger partial charge in [-0.3, -0.25) is 4.79 Å². The molecule has 0 fully saturated rings. The predicted molar refractivity (Wildman–Crippen MR) is 124 cm³/mol. The molecule has 3 aromatic rings. The minimum atomic E-state index is -0.224. The van der Waals surface area contributed by atoms with Crippen molar-refractivity contribution < 1.29 is 19.0 Å². The summed E-state index contributed by atoms with van der Waals surface area (Å²) in [6.45, 7) is 4.09. The highest BCUT2D eigenvalue weighted by atomic mass is 32.2. The predicted octanol–water partition coefficient (Wildman–Crippen LogP) is 4.12. The van der Waals surface area contributed by atoms with Gasteiger partial charge in [0, 0.05) is 10.9 Å². The molecular weight excluding hydrogens is 414 g/mol. The first-order valence-corrected chi connectivity index (χ1v) is 10.6. The maximum absolute atomic E-state index is 12.2. The third-order valence-electron chi connectivity index (χ3n) is 4.67. The fourth-order valence-electron chi connectivity index (χ4n) is 3.13. The molecule has 0 radical (unpaired) electrons. The second-order valence-electron chi connectivity index (χ2n) is 6.79. The molecule has 0 atom stereocenters. The maximum Gasteiger partial charge on any atom is 0.250 e. The van der Waals surface area contributed by atoms with Gasteiger partial charge in [0.15, 0.2) is 11.5 Å². The molecule has 8 heteroatoms. The second-order valence-corrected chi connectivity index (χ2v) is 7.78. The minimum Gasteiger partial charge on any atom is -0.493 e. The Labute approximate surface area is 185 Å². The molecule has 0 aliphatic rings. The van der Waals surface area contributed by atoms with E-state index in [9.17, 15) is 4.79 Å². The molecule has 31 heavy (non-hydrogen) atoms. The monoisotopic (exact) mass is 439 g/mol. The number of hydrogen-bond donors (Lipinski definition) is 1. The number of carbonyl (C=O) groups is 1. The van der Waals surface area contributed by atoms with E-state index < -0.39 is 0 Å². The Morgan fingerprint density at radius 2 is 1.77 bits per heavy atom. The first-order chi connectivity index (χ1) is 15.0. The van der Waals surface area contributed by atoms with E-state index >= 15 is 0 Å². The Morgan fingerprint density at radius 1 is 1.06 bits per heavy atom. The average molecular weight is 440 g/mol. The molecule has 0 unspecified atom stereocenters. The molecule has 2 aromatic carbocycles. The summed E-state index contributed by atoms with van der Waals surface area (Å²) in [4.78, 5) is 16.9. The van der Waals surface area contributed by atoms with Gasteiger partial charge < -0.3 is 14.2 Å². The summed E-state index contributed by atoms with van der Waals surface area (Å²) < 4.78 is 15.9. The number of pyridine rings is 1. The Hall–Kier alpha value is -3.26. The zero-order valence-corrected chi connectivity index (χ0v) is 19.0. The van der Waals surface area contributed by atoms with Crippen molar-refractivity contribution in [1.82, 2.24) is 10.4 Å². The van der Waals surface area contributed by atoms with Crippen LogP contribution in [0.3, 0.4) is 0 Å². The van der Waals surface area contributed by atoms with E-state index in [0.29, 0.717) is 22.8 Å². The van der Waals surface area contributed by atoms with Crippen molar-refractivity contribution in [1.29, 1.82) is 0 Å². The zero-order valence-electron chi connectivity index (χ0n) is 18.2. The number of amides is 1. The van der Waals surface area contributed by atoms with Gasteiger partial charge in [0.1, 0.15) is 0 Å². The number of aromatic nitrogens is 1. The average Bonchev–Trinajstić information content (AvgIpc) is 2.77. The van der Waals surface area contributed by atoms with Gasteiger partial charge in [-0.15, -0.1) is 0 Å². The van der Waals surface area contributed by atoms with Crippen LogP contribution in [0.4, 0.5) is 0 Å². The van der Waals surface area contributed by atoms with Crippen LogP contribution in [-0.4, -0.2) is 44.2 Å². The van der Waals surface area contributed by atoms with Gasteiger partial charge >= 0.3 is 0 Å². The number of methoxy groups -OCH3 is 3. The molecule has 0 bridgehead atoms. The van der Waals surface area contributed by atoms with Crippen LogP contribution in [0, 0.1) is 13.8 Å². The Morgan fingerprint density at radius 3 is 2.42 bits per heavy atom. The smallest absolute Gasteiger partial charge is 0.250 e. The van der Waals surface area contributed by atoms with Crippen molar-refractivity contribution in [3.05, 3.63) is 53.1 Å². The van der Waals surface area contributed by atoms with Gasteiger partial charge in [-0.25, -0.2) is 10.4 Å². The molecule has 3 rings (SSSR count). The van der Waals surface area contributed by atoms with Crippen LogP contribution in [-0.2, 0) is 4.79 Å². The molecule has 0 saturated carbocycles. The second kappa shape index (κ2) is 10.2. The number of aryl methyl sites for hydroxylation is 2. The summed E-state index contributed by atoms with van der Waals surface area (Å²) in [5.74, 6) is 1.50. The SMILES string of the molecule is COc1cc(/C=N\NC(=O)CSc2cc(C)c3cccc(C)c3n2)cc(OC)c1OC. The van der Waals surface area contributed by atoms with Crippen molar-refractivity contribution in [2.75, 3.05) is 27.1 Å². The molecule has 0 aliphatic carbocycles. The highest BCUT2D eigenvalue weighted by Crippen LogP contribution is 2.37. The molecule has 1 aromatic heterocycles. The molecule has 1 N–H and O–H groups in total. The van der Waals surface area contributed by atoms with E-state index in [1.807, 2.05) is 25.1 Å². The fraction of sp³-hybridized carbons (Fsp3) is 0.261. The summed E-state index contributed by atoms with van der Waals surface area (Å²) >= 11 is 1.38. The summed E-state index contributed by atoms with van der Waals surface area (Å²) in [5, 5.41) is 5.97. The van der Waals surface area contributed by atoms with Crippen molar-refractivity contribution in [2.24, 2.45) is 5.10 Å². The molecule has 0 saturated heterocycles. The van der Waals surface area contributed by atoms with E-state index in [1.54, 1.807) is 33.5 Å². The topological polar surface area (TPSA) is 82.0 Å². The standard InChI is InChI=1S/C23H25N3O4S/c1-14-7-6-8-17-15(2)9-21(25-22(14)17)31-13-20(27)26-24-12-16-10-18(28-3)23(30-5)19(11-16)29-4/h6-12H,13H2,1-5H3,(H,26,27)/b24-12-. The van der Waals surface area contributed by atoms with Gasteiger partial charge in [0.25, 0.3) is 0 Å². The summed E-state index contributed by atoms with van der Waals surface area (Å²) in [7, 11) is 4.63. The minimum absolute atomic E-state index is 0.205. The van der Waals surface area contributed by atoms with Crippen LogP contribution in [0.1, 0.15) is 16.7 Å². The Balaban J connectivity index is 1.64. The molecule has 7 nitrogen and oxygen atoms in total. The number of ether oxygens (including phenoxy) is 3. The highest BCUT2D eigenvalue weighted by molar-refractivity contribution is 7.99. The third-order valence-corrected chi connectivity index (χ3v) is 5.58. The van der Waals surface area contributed by atoms with Gasteiger partial charge in [-0.2, -0.15) is 5.10 Å². The van der Waals surface area contributed by atoms with E-state index in [1.165, 1.54) is 18.0 Å². The van der Waals surface area contributed by atoms with E-state index in [2.05, 4.69) is 23.5 Å². The Kier molecular flexibility index (Phi) is 7.36. The van der Waals surface area contributed by atoms with Crippen LogP contribution in [0.5, 0.6) is 17.2 Å². The number of hydrazone groups is 1. The fourth-order valence-corrected chi connectivity index (χ4v) is 3.89. The van der Waals surface area contributed by atoms with Crippen molar-refractivity contribution in [2.45, 2.75) is 18.9 Å². The van der Waals surface area contributed by atoms with Crippen LogP contribution >= 0.6 is 11.8 Å². The number of rotatable bonds is 8. The molecule has 1 amide bonds. The van der Waals surface area contributed by atoms with E-state index in [0.717, 1.165) is 27.1 Å². The largest absolute Gasteiger partial charge is 0.493 e. The van der Waals surface area contributed by atoms with Crippen molar-refractivity contribution in [3.8, 4) is 17.2 Å². The maximum atomic E-state index is 12.2. The summed E-state index contributed by atoms with van der Waals surface area (Å²) in [6.07, 6.45) is 1.52. The number of fused-ring (bicyclic) bond motifs is 1. The van der Waals surface area contributed by atoms with Crippen LogP contribution in [0.2, 0.25) is 0 Å². The van der Waals surface area contributed by atoms with Gasteiger partial charge in [0.2, 0.25) is 11.7 Å². The number of thioether (sulfide) groups is 1. The van der Waals surface area contributed by atoms with E-state index in [4.69, 9.17) is 19.2 Å². The molecule has 0 spiro atoms. The number of carbonyl (C=O) groups excluding carboxylic acids is 1. The number of para-hydroxylation sites is 1.